The number of nitriles is 1. The van der Waals surface area contributed by atoms with E-state index in [1.807, 2.05) is 0 Å². The summed E-state index contributed by atoms with van der Waals surface area (Å²) in [5.41, 5.74) is 0. The summed E-state index contributed by atoms with van der Waals surface area (Å²) in [6, 6.07) is 2.44. The summed E-state index contributed by atoms with van der Waals surface area (Å²) in [6.07, 6.45) is 3.73. The normalized spacial score (nSPS) is 29.1. The van der Waals surface area contributed by atoms with E-state index in [0.29, 0.717) is 13.2 Å². The lowest BCUT2D eigenvalue weighted by molar-refractivity contribution is -0.127. The van der Waals surface area contributed by atoms with Crippen molar-refractivity contribution in [3.63, 3.8) is 0 Å². The van der Waals surface area contributed by atoms with Gasteiger partial charge >= 0.3 is 0 Å². The highest BCUT2D eigenvalue weighted by Crippen LogP contribution is 2.24. The van der Waals surface area contributed by atoms with Crippen molar-refractivity contribution in [2.75, 3.05) is 26.2 Å². The molecule has 2 atom stereocenters. The average molecular weight is 265 g/mol. The van der Waals surface area contributed by atoms with Gasteiger partial charge in [0, 0.05) is 25.7 Å². The third-order valence-electron chi connectivity index (χ3n) is 4.18. The molecule has 1 N–H and O–H groups in total. The first kappa shape index (κ1) is 14.3. The van der Waals surface area contributed by atoms with E-state index in [4.69, 9.17) is 10.00 Å². The molecule has 5 nitrogen and oxygen atoms in total. The highest BCUT2D eigenvalue weighted by molar-refractivity contribution is 5.79. The van der Waals surface area contributed by atoms with Gasteiger partial charge in [0.25, 0.3) is 0 Å². The molecule has 2 aliphatic heterocycles. The Morgan fingerprint density at radius 1 is 1.42 bits per heavy atom. The number of hydrogen-bond acceptors (Lipinski definition) is 4. The maximum absolute atomic E-state index is 12.2. The van der Waals surface area contributed by atoms with Crippen molar-refractivity contribution in [3.8, 4) is 6.07 Å². The van der Waals surface area contributed by atoms with Gasteiger partial charge in [-0.1, -0.05) is 6.92 Å². The van der Waals surface area contributed by atoms with Crippen molar-refractivity contribution in [3.05, 3.63) is 0 Å². The summed E-state index contributed by atoms with van der Waals surface area (Å²) in [4.78, 5) is 14.4. The van der Waals surface area contributed by atoms with Gasteiger partial charge in [-0.3, -0.25) is 9.69 Å². The Hall–Kier alpha value is -1.12. The maximum atomic E-state index is 12.2. The molecule has 2 heterocycles. The molecule has 2 unspecified atom stereocenters. The SMILES string of the molecule is CCC1OCCC1C(=O)NC1CCN(CC#N)CC1. The molecule has 0 aliphatic carbocycles. The molecule has 2 saturated heterocycles. The number of likely N-dealkylation sites (tertiary alicyclic amines) is 1. The lowest BCUT2D eigenvalue weighted by atomic mass is 9.97. The molecule has 0 bridgehead atoms. The van der Waals surface area contributed by atoms with Gasteiger partial charge in [0.1, 0.15) is 0 Å². The van der Waals surface area contributed by atoms with Crippen LogP contribution in [0.5, 0.6) is 0 Å². The van der Waals surface area contributed by atoms with E-state index in [0.717, 1.165) is 38.8 Å². The number of piperidine rings is 1. The number of hydrogen-bond donors (Lipinski definition) is 1. The van der Waals surface area contributed by atoms with E-state index in [1.54, 1.807) is 0 Å². The van der Waals surface area contributed by atoms with Crippen LogP contribution >= 0.6 is 0 Å². The van der Waals surface area contributed by atoms with Crippen LogP contribution in [0.4, 0.5) is 0 Å². The van der Waals surface area contributed by atoms with Crippen molar-refractivity contribution in [2.24, 2.45) is 5.92 Å². The Morgan fingerprint density at radius 3 is 2.79 bits per heavy atom. The van der Waals surface area contributed by atoms with Crippen LogP contribution in [0.3, 0.4) is 0 Å². The van der Waals surface area contributed by atoms with Crippen molar-refractivity contribution >= 4 is 5.91 Å². The molecular weight excluding hydrogens is 242 g/mol. The van der Waals surface area contributed by atoms with Gasteiger partial charge < -0.3 is 10.1 Å². The van der Waals surface area contributed by atoms with Gasteiger partial charge in [-0.15, -0.1) is 0 Å². The van der Waals surface area contributed by atoms with E-state index in [1.165, 1.54) is 0 Å². The molecule has 2 aliphatic rings. The largest absolute Gasteiger partial charge is 0.377 e. The fourth-order valence-corrected chi connectivity index (χ4v) is 2.99. The predicted octanol–water partition coefficient (Wildman–Crippen LogP) is 0.906. The summed E-state index contributed by atoms with van der Waals surface area (Å²) >= 11 is 0. The lowest BCUT2D eigenvalue weighted by Crippen LogP contribution is -2.47. The summed E-state index contributed by atoms with van der Waals surface area (Å²) in [7, 11) is 0. The number of amides is 1. The average Bonchev–Trinajstić information content (AvgIpc) is 2.90. The molecule has 0 radical (unpaired) electrons. The summed E-state index contributed by atoms with van der Waals surface area (Å²) in [5, 5.41) is 11.8. The van der Waals surface area contributed by atoms with Crippen LogP contribution in [-0.4, -0.2) is 49.2 Å². The second-order valence-electron chi connectivity index (χ2n) is 5.43. The minimum absolute atomic E-state index is 0.0298. The fraction of sp³-hybridized carbons (Fsp3) is 0.857. The molecule has 0 aromatic heterocycles. The number of carbonyl (C=O) groups excluding carboxylic acids is 1. The van der Waals surface area contributed by atoms with Crippen molar-refractivity contribution < 1.29 is 9.53 Å². The molecule has 19 heavy (non-hydrogen) atoms. The smallest absolute Gasteiger partial charge is 0.226 e. The van der Waals surface area contributed by atoms with E-state index in [-0.39, 0.29) is 24.0 Å². The first-order valence-electron chi connectivity index (χ1n) is 7.26. The first-order valence-corrected chi connectivity index (χ1v) is 7.26. The van der Waals surface area contributed by atoms with Crippen LogP contribution in [-0.2, 0) is 9.53 Å². The second kappa shape index (κ2) is 6.88. The van der Waals surface area contributed by atoms with Crippen LogP contribution in [0.15, 0.2) is 0 Å². The summed E-state index contributed by atoms with van der Waals surface area (Å²) in [6.45, 7) is 5.07. The van der Waals surface area contributed by atoms with Gasteiger partial charge in [0.2, 0.25) is 5.91 Å². The zero-order chi connectivity index (χ0) is 13.7. The molecule has 1 amide bonds. The van der Waals surface area contributed by atoms with Gasteiger partial charge in [-0.25, -0.2) is 0 Å². The quantitative estimate of drug-likeness (QED) is 0.767. The molecule has 5 heteroatoms. The summed E-state index contributed by atoms with van der Waals surface area (Å²) in [5.74, 6) is 0.185. The fourth-order valence-electron chi connectivity index (χ4n) is 2.99. The molecule has 0 spiro atoms. The van der Waals surface area contributed by atoms with E-state index >= 15 is 0 Å². The third-order valence-corrected chi connectivity index (χ3v) is 4.18. The van der Waals surface area contributed by atoms with Crippen molar-refractivity contribution in [2.45, 2.75) is 44.8 Å². The molecular formula is C14H23N3O2. The predicted molar refractivity (Wildman–Crippen MR) is 71.4 cm³/mol. The van der Waals surface area contributed by atoms with Crippen molar-refractivity contribution in [1.82, 2.24) is 10.2 Å². The highest BCUT2D eigenvalue weighted by atomic mass is 16.5. The molecule has 0 saturated carbocycles. The number of carbonyl (C=O) groups is 1. The van der Waals surface area contributed by atoms with Gasteiger partial charge in [0.05, 0.1) is 24.6 Å². The van der Waals surface area contributed by atoms with Crippen LogP contribution < -0.4 is 5.32 Å². The molecule has 2 rings (SSSR count). The number of nitrogens with zero attached hydrogens (tertiary/aromatic N) is 2. The minimum atomic E-state index is 0.0298. The molecule has 0 aromatic carbocycles. The van der Waals surface area contributed by atoms with E-state index in [9.17, 15) is 4.79 Å². The number of nitrogens with one attached hydrogen (secondary N) is 1. The van der Waals surface area contributed by atoms with Gasteiger partial charge in [-0.2, -0.15) is 5.26 Å². The Labute approximate surface area is 114 Å². The van der Waals surface area contributed by atoms with Crippen molar-refractivity contribution in [1.29, 1.82) is 5.26 Å². The number of rotatable bonds is 4. The summed E-state index contributed by atoms with van der Waals surface area (Å²) < 4.78 is 5.57. The van der Waals surface area contributed by atoms with Crippen LogP contribution in [0.1, 0.15) is 32.6 Å². The molecule has 0 aromatic rings. The number of ether oxygens (including phenoxy) is 1. The van der Waals surface area contributed by atoms with Gasteiger partial charge in [-0.05, 0) is 25.7 Å². The van der Waals surface area contributed by atoms with Crippen LogP contribution in [0.2, 0.25) is 0 Å². The Kier molecular flexibility index (Phi) is 5.17. The van der Waals surface area contributed by atoms with Crippen LogP contribution in [0, 0.1) is 17.2 Å². The Bertz CT molecular complexity index is 345. The monoisotopic (exact) mass is 265 g/mol. The maximum Gasteiger partial charge on any atom is 0.226 e. The second-order valence-corrected chi connectivity index (χ2v) is 5.43. The first-order chi connectivity index (χ1) is 9.24. The van der Waals surface area contributed by atoms with E-state index in [2.05, 4.69) is 23.2 Å². The van der Waals surface area contributed by atoms with Gasteiger partial charge in [0.15, 0.2) is 0 Å². The Balaban J connectivity index is 1.76. The lowest BCUT2D eigenvalue weighted by Gasteiger charge is -2.31. The zero-order valence-electron chi connectivity index (χ0n) is 11.6. The Morgan fingerprint density at radius 2 is 2.16 bits per heavy atom. The van der Waals surface area contributed by atoms with Crippen LogP contribution in [0.25, 0.3) is 0 Å². The molecule has 2 fully saturated rings. The van der Waals surface area contributed by atoms with E-state index < -0.39 is 0 Å². The minimum Gasteiger partial charge on any atom is -0.377 e. The standard InChI is InChI=1S/C14H23N3O2/c1-2-13-12(5-10-19-13)14(18)16-11-3-7-17(8-4-11)9-6-15/h11-13H,2-5,7-10H2,1H3,(H,16,18). The highest BCUT2D eigenvalue weighted by Gasteiger charge is 2.34. The topological polar surface area (TPSA) is 65.4 Å². The third kappa shape index (κ3) is 3.68. The zero-order valence-corrected chi connectivity index (χ0v) is 11.6. The molecule has 106 valence electrons.